The fourth-order valence-electron chi connectivity index (χ4n) is 2.29. The van der Waals surface area contributed by atoms with Crippen LogP contribution in [-0.2, 0) is 11.3 Å². The van der Waals surface area contributed by atoms with E-state index in [0.29, 0.717) is 13.2 Å². The van der Waals surface area contributed by atoms with Gasteiger partial charge in [0.05, 0.1) is 5.69 Å². The number of amides is 1. The molecular formula is C13H16N4O2. The number of carbonyl (C=O) groups excluding carboxylic acids is 1. The third-order valence-corrected chi connectivity index (χ3v) is 3.09. The van der Waals surface area contributed by atoms with E-state index < -0.39 is 0 Å². The van der Waals surface area contributed by atoms with Crippen LogP contribution in [0.2, 0.25) is 0 Å². The number of nitrogens with zero attached hydrogens (tertiary/aromatic N) is 3. The van der Waals surface area contributed by atoms with Crippen molar-refractivity contribution in [1.82, 2.24) is 10.3 Å². The second-order valence-corrected chi connectivity index (χ2v) is 4.98. The van der Waals surface area contributed by atoms with Gasteiger partial charge in [-0.15, -0.1) is 0 Å². The van der Waals surface area contributed by atoms with Crippen LogP contribution in [0.15, 0.2) is 23.3 Å². The molecule has 0 atom stereocenters. The highest BCUT2D eigenvalue weighted by atomic mass is 16.5. The van der Waals surface area contributed by atoms with Gasteiger partial charge >= 0.3 is 0 Å². The standard InChI is InChI=1S/C13H16N4O2/c1-16(2)6-9-3-4-10-11(5-9)19-8-12-14-15-13(18)7-17(10)12/h3-5H,6-8H2,1-2H3,(H,15,18). The summed E-state index contributed by atoms with van der Waals surface area (Å²) in [4.78, 5) is 15.4. The van der Waals surface area contributed by atoms with E-state index in [1.807, 2.05) is 31.1 Å². The van der Waals surface area contributed by atoms with Gasteiger partial charge in [0.25, 0.3) is 5.91 Å². The van der Waals surface area contributed by atoms with Gasteiger partial charge in [-0.05, 0) is 31.8 Å². The Balaban J connectivity index is 1.93. The molecule has 100 valence electrons. The number of hydrogen-bond acceptors (Lipinski definition) is 5. The number of nitrogens with one attached hydrogen (secondary N) is 1. The first kappa shape index (κ1) is 12.0. The summed E-state index contributed by atoms with van der Waals surface area (Å²) in [6.07, 6.45) is 0. The van der Waals surface area contributed by atoms with Gasteiger partial charge in [-0.3, -0.25) is 4.79 Å². The SMILES string of the molecule is CN(C)Cc1ccc2c(c1)OCC1=NNC(=O)CN12. The van der Waals surface area contributed by atoms with E-state index in [0.717, 1.165) is 23.8 Å². The number of benzene rings is 1. The van der Waals surface area contributed by atoms with Gasteiger partial charge in [0.2, 0.25) is 0 Å². The van der Waals surface area contributed by atoms with Crippen LogP contribution in [0.25, 0.3) is 0 Å². The Morgan fingerprint density at radius 3 is 3.11 bits per heavy atom. The fourth-order valence-corrected chi connectivity index (χ4v) is 2.29. The monoisotopic (exact) mass is 260 g/mol. The van der Waals surface area contributed by atoms with Crippen molar-refractivity contribution in [3.63, 3.8) is 0 Å². The van der Waals surface area contributed by atoms with Crippen LogP contribution < -0.4 is 15.1 Å². The number of anilines is 1. The third kappa shape index (κ3) is 2.26. The zero-order chi connectivity index (χ0) is 13.4. The lowest BCUT2D eigenvalue weighted by molar-refractivity contribution is -0.119. The summed E-state index contributed by atoms with van der Waals surface area (Å²) in [5.74, 6) is 1.45. The Kier molecular flexibility index (Phi) is 2.87. The van der Waals surface area contributed by atoms with Gasteiger partial charge < -0.3 is 14.5 Å². The maximum absolute atomic E-state index is 11.4. The van der Waals surface area contributed by atoms with Crippen molar-refractivity contribution in [3.05, 3.63) is 23.8 Å². The molecule has 6 nitrogen and oxygen atoms in total. The molecule has 2 heterocycles. The summed E-state index contributed by atoms with van der Waals surface area (Å²) in [6.45, 7) is 1.54. The Morgan fingerprint density at radius 2 is 2.32 bits per heavy atom. The molecule has 0 radical (unpaired) electrons. The first-order chi connectivity index (χ1) is 9.13. The molecule has 0 bridgehead atoms. The van der Waals surface area contributed by atoms with Gasteiger partial charge in [-0.25, -0.2) is 5.43 Å². The third-order valence-electron chi connectivity index (χ3n) is 3.09. The highest BCUT2D eigenvalue weighted by Gasteiger charge is 2.29. The maximum Gasteiger partial charge on any atom is 0.260 e. The van der Waals surface area contributed by atoms with Crippen LogP contribution in [0, 0.1) is 0 Å². The van der Waals surface area contributed by atoms with Gasteiger partial charge in [0.1, 0.15) is 18.9 Å². The van der Waals surface area contributed by atoms with Crippen LogP contribution in [-0.4, -0.2) is 43.9 Å². The van der Waals surface area contributed by atoms with Gasteiger partial charge in [0.15, 0.2) is 5.84 Å². The van der Waals surface area contributed by atoms with Crippen molar-refractivity contribution in [2.75, 3.05) is 32.1 Å². The lowest BCUT2D eigenvalue weighted by Crippen LogP contribution is -2.49. The van der Waals surface area contributed by atoms with Crippen molar-refractivity contribution < 1.29 is 9.53 Å². The minimum atomic E-state index is -0.103. The molecule has 2 aliphatic rings. The lowest BCUT2D eigenvalue weighted by atomic mass is 10.1. The van der Waals surface area contributed by atoms with Crippen LogP contribution in [0.5, 0.6) is 5.75 Å². The van der Waals surface area contributed by atoms with Crippen molar-refractivity contribution in [2.24, 2.45) is 5.10 Å². The van der Waals surface area contributed by atoms with Crippen molar-refractivity contribution in [2.45, 2.75) is 6.54 Å². The summed E-state index contributed by atoms with van der Waals surface area (Å²) in [7, 11) is 4.06. The molecule has 6 heteroatoms. The Morgan fingerprint density at radius 1 is 1.47 bits per heavy atom. The van der Waals surface area contributed by atoms with E-state index >= 15 is 0 Å². The van der Waals surface area contributed by atoms with Crippen molar-refractivity contribution >= 4 is 17.4 Å². The predicted molar refractivity (Wildman–Crippen MR) is 72.3 cm³/mol. The van der Waals surface area contributed by atoms with E-state index in [9.17, 15) is 4.79 Å². The molecular weight excluding hydrogens is 244 g/mol. The van der Waals surface area contributed by atoms with Gasteiger partial charge in [0, 0.05) is 6.54 Å². The van der Waals surface area contributed by atoms with E-state index in [1.54, 1.807) is 0 Å². The summed E-state index contributed by atoms with van der Waals surface area (Å²) in [6, 6.07) is 6.07. The van der Waals surface area contributed by atoms with Crippen molar-refractivity contribution in [1.29, 1.82) is 0 Å². The quantitative estimate of drug-likeness (QED) is 0.836. The summed E-state index contributed by atoms with van der Waals surface area (Å²) in [5, 5.41) is 4.01. The average Bonchev–Trinajstić information content (AvgIpc) is 2.37. The molecule has 1 amide bonds. The molecule has 2 aliphatic heterocycles. The van der Waals surface area contributed by atoms with Gasteiger partial charge in [-0.1, -0.05) is 6.07 Å². The van der Waals surface area contributed by atoms with Crippen LogP contribution in [0.3, 0.4) is 0 Å². The number of ether oxygens (including phenoxy) is 1. The van der Waals surface area contributed by atoms with Crippen LogP contribution in [0.4, 0.5) is 5.69 Å². The number of rotatable bonds is 2. The highest BCUT2D eigenvalue weighted by molar-refractivity contribution is 6.07. The van der Waals surface area contributed by atoms with Crippen molar-refractivity contribution in [3.8, 4) is 5.75 Å². The number of carbonyl (C=O) groups is 1. The largest absolute Gasteiger partial charge is 0.483 e. The number of amidine groups is 1. The molecule has 0 saturated carbocycles. The van der Waals surface area contributed by atoms with E-state index in [4.69, 9.17) is 4.74 Å². The minimum absolute atomic E-state index is 0.103. The molecule has 0 spiro atoms. The fraction of sp³-hybridized carbons (Fsp3) is 0.385. The smallest absolute Gasteiger partial charge is 0.260 e. The van der Waals surface area contributed by atoms with E-state index in [-0.39, 0.29) is 5.91 Å². The maximum atomic E-state index is 11.4. The topological polar surface area (TPSA) is 57.2 Å². The molecule has 3 rings (SSSR count). The molecule has 0 fully saturated rings. The minimum Gasteiger partial charge on any atom is -0.483 e. The normalized spacial score (nSPS) is 17.3. The Hall–Kier alpha value is -2.08. The zero-order valence-corrected chi connectivity index (χ0v) is 11.0. The van der Waals surface area contributed by atoms with E-state index in [2.05, 4.69) is 21.5 Å². The van der Waals surface area contributed by atoms with E-state index in [1.165, 1.54) is 5.56 Å². The second kappa shape index (κ2) is 4.55. The summed E-state index contributed by atoms with van der Waals surface area (Å²) >= 11 is 0. The number of fused-ring (bicyclic) bond motifs is 3. The van der Waals surface area contributed by atoms with Crippen LogP contribution in [0.1, 0.15) is 5.56 Å². The summed E-state index contributed by atoms with van der Waals surface area (Å²) < 4.78 is 5.71. The molecule has 1 aromatic rings. The highest BCUT2D eigenvalue weighted by Crippen LogP contribution is 2.33. The average molecular weight is 260 g/mol. The molecule has 0 unspecified atom stereocenters. The molecule has 19 heavy (non-hydrogen) atoms. The summed E-state index contributed by atoms with van der Waals surface area (Å²) in [5.41, 5.74) is 4.56. The number of hydrazone groups is 1. The Labute approximate surface area is 111 Å². The van der Waals surface area contributed by atoms with Crippen LogP contribution >= 0.6 is 0 Å². The Bertz CT molecular complexity index is 554. The molecule has 0 saturated heterocycles. The molecule has 0 aliphatic carbocycles. The zero-order valence-electron chi connectivity index (χ0n) is 11.0. The molecule has 1 N–H and O–H groups in total. The van der Waals surface area contributed by atoms with Gasteiger partial charge in [-0.2, -0.15) is 5.10 Å². The molecule has 1 aromatic carbocycles. The predicted octanol–water partition coefficient (Wildman–Crippen LogP) is 0.390. The lowest BCUT2D eigenvalue weighted by Gasteiger charge is -2.34. The second-order valence-electron chi connectivity index (χ2n) is 4.98. The first-order valence-corrected chi connectivity index (χ1v) is 6.17. The number of hydrogen-bond donors (Lipinski definition) is 1. The first-order valence-electron chi connectivity index (χ1n) is 6.17. The molecule has 0 aromatic heterocycles.